The van der Waals surface area contributed by atoms with E-state index >= 15 is 0 Å². The number of benzene rings is 2. The lowest BCUT2D eigenvalue weighted by Crippen LogP contribution is -2.33. The number of rotatable bonds is 6. The van der Waals surface area contributed by atoms with Gasteiger partial charge in [-0.15, -0.1) is 0 Å². The molecule has 0 aliphatic heterocycles. The average Bonchev–Trinajstić information content (AvgIpc) is 2.59. The van der Waals surface area contributed by atoms with E-state index in [1.165, 1.54) is 19.2 Å². The van der Waals surface area contributed by atoms with Crippen LogP contribution in [0.4, 0.5) is 4.39 Å². The minimum Gasteiger partial charge on any atom is -0.494 e. The van der Waals surface area contributed by atoms with Gasteiger partial charge in [-0.2, -0.15) is 5.10 Å². The second kappa shape index (κ2) is 8.62. The van der Waals surface area contributed by atoms with Gasteiger partial charge in [-0.1, -0.05) is 22.0 Å². The Labute approximate surface area is 154 Å². The van der Waals surface area contributed by atoms with E-state index in [0.29, 0.717) is 17.0 Å². The maximum atomic E-state index is 13.7. The number of methoxy groups -OCH3 is 1. The van der Waals surface area contributed by atoms with E-state index in [1.54, 1.807) is 32.0 Å². The Morgan fingerprint density at radius 1 is 1.28 bits per heavy atom. The fourth-order valence-corrected chi connectivity index (χ4v) is 2.36. The van der Waals surface area contributed by atoms with Crippen molar-refractivity contribution >= 4 is 27.5 Å². The van der Waals surface area contributed by atoms with Crippen molar-refractivity contribution in [2.45, 2.75) is 20.0 Å². The summed E-state index contributed by atoms with van der Waals surface area (Å²) in [6.07, 6.45) is -0.738. The first-order chi connectivity index (χ1) is 11.9. The fourth-order valence-electron chi connectivity index (χ4n) is 1.98. The van der Waals surface area contributed by atoms with Crippen LogP contribution in [0.3, 0.4) is 0 Å². The van der Waals surface area contributed by atoms with Gasteiger partial charge in [0.1, 0.15) is 5.75 Å². The summed E-state index contributed by atoms with van der Waals surface area (Å²) in [4.78, 5) is 12.1. The number of carbonyl (C=O) groups is 1. The van der Waals surface area contributed by atoms with Crippen molar-refractivity contribution in [2.75, 3.05) is 7.11 Å². The van der Waals surface area contributed by atoms with Crippen LogP contribution in [0.5, 0.6) is 11.5 Å². The molecule has 1 atom stereocenters. The molecule has 0 aromatic heterocycles. The molecule has 0 saturated heterocycles. The van der Waals surface area contributed by atoms with E-state index in [-0.39, 0.29) is 5.75 Å². The van der Waals surface area contributed by atoms with Crippen LogP contribution in [0, 0.1) is 5.82 Å². The molecule has 0 radical (unpaired) electrons. The highest BCUT2D eigenvalue weighted by molar-refractivity contribution is 9.10. The lowest BCUT2D eigenvalue weighted by molar-refractivity contribution is -0.127. The van der Waals surface area contributed by atoms with Gasteiger partial charge in [0.2, 0.25) is 0 Å². The Morgan fingerprint density at radius 3 is 2.68 bits per heavy atom. The van der Waals surface area contributed by atoms with Gasteiger partial charge in [0, 0.05) is 10.0 Å². The Balaban J connectivity index is 1.99. The summed E-state index contributed by atoms with van der Waals surface area (Å²) in [6, 6.07) is 11.6. The van der Waals surface area contributed by atoms with Crippen LogP contribution in [0.15, 0.2) is 52.0 Å². The van der Waals surface area contributed by atoms with E-state index in [0.717, 1.165) is 4.47 Å². The van der Waals surface area contributed by atoms with Crippen molar-refractivity contribution < 1.29 is 18.7 Å². The number of hydrogen-bond donors (Lipinski definition) is 1. The van der Waals surface area contributed by atoms with Gasteiger partial charge in [-0.3, -0.25) is 4.79 Å². The molecule has 0 heterocycles. The molecular formula is C18H18BrFN2O3. The molecule has 0 aliphatic carbocycles. The van der Waals surface area contributed by atoms with Crippen LogP contribution < -0.4 is 14.9 Å². The number of amides is 1. The summed E-state index contributed by atoms with van der Waals surface area (Å²) < 4.78 is 25.0. The largest absolute Gasteiger partial charge is 0.494 e. The molecular weight excluding hydrogens is 391 g/mol. The van der Waals surface area contributed by atoms with E-state index in [9.17, 15) is 9.18 Å². The Morgan fingerprint density at radius 2 is 2.04 bits per heavy atom. The molecule has 2 rings (SSSR count). The first kappa shape index (κ1) is 18.9. The smallest absolute Gasteiger partial charge is 0.280 e. The third-order valence-electron chi connectivity index (χ3n) is 3.38. The predicted octanol–water partition coefficient (Wildman–Crippen LogP) is 3.90. The molecule has 1 N–H and O–H groups in total. The Hall–Kier alpha value is -2.41. The van der Waals surface area contributed by atoms with Gasteiger partial charge < -0.3 is 9.47 Å². The molecule has 0 bridgehead atoms. The van der Waals surface area contributed by atoms with E-state index in [2.05, 4.69) is 26.5 Å². The summed E-state index contributed by atoms with van der Waals surface area (Å²) in [5.41, 5.74) is 3.43. The average molecular weight is 409 g/mol. The van der Waals surface area contributed by atoms with Crippen LogP contribution in [0.1, 0.15) is 19.4 Å². The summed E-state index contributed by atoms with van der Waals surface area (Å²) in [5.74, 6) is -0.188. The highest BCUT2D eigenvalue weighted by Gasteiger charge is 2.14. The van der Waals surface area contributed by atoms with Gasteiger partial charge in [0.05, 0.1) is 12.8 Å². The predicted molar refractivity (Wildman–Crippen MR) is 97.5 cm³/mol. The standard InChI is InChI=1S/C18H18BrFN2O3/c1-11(13-7-8-17(24-3)16(20)9-13)21-22-18(23)12(2)25-15-6-4-5-14(19)10-15/h4-10,12H,1-3H3,(H,22,23)/b21-11-/t12-/m1/s1. The van der Waals surface area contributed by atoms with E-state index < -0.39 is 17.8 Å². The topological polar surface area (TPSA) is 59.9 Å². The first-order valence-corrected chi connectivity index (χ1v) is 8.30. The van der Waals surface area contributed by atoms with Crippen molar-refractivity contribution in [3.05, 3.63) is 58.3 Å². The molecule has 0 unspecified atom stereocenters. The SMILES string of the molecule is COc1ccc(/C(C)=N\NC(=O)[C@@H](C)Oc2cccc(Br)c2)cc1F. The van der Waals surface area contributed by atoms with Crippen molar-refractivity contribution in [1.29, 1.82) is 0 Å². The van der Waals surface area contributed by atoms with Crippen LogP contribution in [-0.2, 0) is 4.79 Å². The van der Waals surface area contributed by atoms with Crippen LogP contribution in [0.2, 0.25) is 0 Å². The molecule has 0 fully saturated rings. The summed E-state index contributed by atoms with van der Waals surface area (Å²) >= 11 is 3.34. The lowest BCUT2D eigenvalue weighted by atomic mass is 10.1. The Kier molecular flexibility index (Phi) is 6.52. The number of carbonyl (C=O) groups excluding carboxylic acids is 1. The van der Waals surface area contributed by atoms with Crippen molar-refractivity contribution in [3.8, 4) is 11.5 Å². The number of nitrogens with one attached hydrogen (secondary N) is 1. The summed E-state index contributed by atoms with van der Waals surface area (Å²) in [7, 11) is 1.39. The number of nitrogens with zero attached hydrogens (tertiary/aromatic N) is 1. The molecule has 1 amide bonds. The molecule has 0 spiro atoms. The van der Waals surface area contributed by atoms with Crippen molar-refractivity contribution in [2.24, 2.45) is 5.10 Å². The third kappa shape index (κ3) is 5.29. The molecule has 5 nitrogen and oxygen atoms in total. The molecule has 7 heteroatoms. The van der Waals surface area contributed by atoms with Gasteiger partial charge in [0.15, 0.2) is 17.7 Å². The number of ether oxygens (including phenoxy) is 2. The maximum Gasteiger partial charge on any atom is 0.280 e. The maximum absolute atomic E-state index is 13.7. The minimum absolute atomic E-state index is 0.150. The zero-order valence-corrected chi connectivity index (χ0v) is 15.6. The Bertz CT molecular complexity index is 796. The highest BCUT2D eigenvalue weighted by atomic mass is 79.9. The second-order valence-electron chi connectivity index (χ2n) is 5.24. The van der Waals surface area contributed by atoms with Crippen LogP contribution in [-0.4, -0.2) is 24.8 Å². The van der Waals surface area contributed by atoms with Crippen molar-refractivity contribution in [3.63, 3.8) is 0 Å². The molecule has 0 aliphatic rings. The van der Waals surface area contributed by atoms with E-state index in [1.807, 2.05) is 12.1 Å². The van der Waals surface area contributed by atoms with Gasteiger partial charge in [0.25, 0.3) is 5.91 Å². The third-order valence-corrected chi connectivity index (χ3v) is 3.87. The second-order valence-corrected chi connectivity index (χ2v) is 6.16. The highest BCUT2D eigenvalue weighted by Crippen LogP contribution is 2.19. The molecule has 2 aromatic carbocycles. The molecule has 2 aromatic rings. The lowest BCUT2D eigenvalue weighted by Gasteiger charge is -2.13. The summed E-state index contributed by atoms with van der Waals surface area (Å²) in [6.45, 7) is 3.29. The molecule has 25 heavy (non-hydrogen) atoms. The van der Waals surface area contributed by atoms with Crippen LogP contribution >= 0.6 is 15.9 Å². The first-order valence-electron chi connectivity index (χ1n) is 7.51. The van der Waals surface area contributed by atoms with Gasteiger partial charge in [-0.05, 0) is 50.2 Å². The minimum atomic E-state index is -0.738. The van der Waals surface area contributed by atoms with Crippen molar-refractivity contribution in [1.82, 2.24) is 5.43 Å². The zero-order valence-electron chi connectivity index (χ0n) is 14.0. The van der Waals surface area contributed by atoms with Gasteiger partial charge >= 0.3 is 0 Å². The quantitative estimate of drug-likeness (QED) is 0.582. The normalized spacial score (nSPS) is 12.4. The monoisotopic (exact) mass is 408 g/mol. The summed E-state index contributed by atoms with van der Waals surface area (Å²) in [5, 5.41) is 3.99. The van der Waals surface area contributed by atoms with Crippen LogP contribution in [0.25, 0.3) is 0 Å². The van der Waals surface area contributed by atoms with E-state index in [4.69, 9.17) is 9.47 Å². The number of hydrazone groups is 1. The van der Waals surface area contributed by atoms with Gasteiger partial charge in [-0.25, -0.2) is 9.82 Å². The number of halogens is 2. The number of hydrogen-bond acceptors (Lipinski definition) is 4. The fraction of sp³-hybridized carbons (Fsp3) is 0.222. The molecule has 0 saturated carbocycles. The zero-order chi connectivity index (χ0) is 18.4. The molecule has 132 valence electrons.